The van der Waals surface area contributed by atoms with Gasteiger partial charge in [-0.3, -0.25) is 4.79 Å². The van der Waals surface area contributed by atoms with Crippen molar-refractivity contribution < 1.29 is 4.79 Å². The molecular formula is C17H20N4OS. The molecule has 3 heterocycles. The monoisotopic (exact) mass is 328 g/mol. The highest BCUT2D eigenvalue weighted by Crippen LogP contribution is 2.24. The Hall–Kier alpha value is -1.95. The minimum Gasteiger partial charge on any atom is -0.352 e. The maximum absolute atomic E-state index is 12.5. The number of hydrogen-bond acceptors (Lipinski definition) is 5. The Kier molecular flexibility index (Phi) is 3.77. The van der Waals surface area contributed by atoms with Crippen LogP contribution in [0.3, 0.4) is 0 Å². The second-order valence-corrected chi connectivity index (χ2v) is 7.51. The predicted octanol–water partition coefficient (Wildman–Crippen LogP) is 2.30. The molecule has 23 heavy (non-hydrogen) atoms. The van der Waals surface area contributed by atoms with Crippen molar-refractivity contribution in [1.82, 2.24) is 15.1 Å². The Balaban J connectivity index is 1.42. The van der Waals surface area contributed by atoms with Gasteiger partial charge in [0.25, 0.3) is 5.91 Å². The lowest BCUT2D eigenvalue weighted by atomic mass is 10.2. The molecule has 0 unspecified atom stereocenters. The zero-order valence-corrected chi connectivity index (χ0v) is 14.1. The summed E-state index contributed by atoms with van der Waals surface area (Å²) in [5, 5.41) is 8.75. The van der Waals surface area contributed by atoms with Gasteiger partial charge in [-0.25, -0.2) is 0 Å². The lowest BCUT2D eigenvalue weighted by molar-refractivity contribution is 0.0751. The summed E-state index contributed by atoms with van der Waals surface area (Å²) in [6.45, 7) is 5.17. The molecule has 2 aromatic heterocycles. The van der Waals surface area contributed by atoms with Crippen LogP contribution in [0.2, 0.25) is 0 Å². The highest BCUT2D eigenvalue weighted by atomic mass is 32.1. The summed E-state index contributed by atoms with van der Waals surface area (Å²) in [4.78, 5) is 18.7. The van der Waals surface area contributed by atoms with Gasteiger partial charge < -0.3 is 9.80 Å². The van der Waals surface area contributed by atoms with E-state index in [1.807, 2.05) is 24.0 Å². The van der Waals surface area contributed by atoms with E-state index < -0.39 is 0 Å². The highest BCUT2D eigenvalue weighted by molar-refractivity contribution is 7.13. The fourth-order valence-corrected chi connectivity index (χ4v) is 4.15. The van der Waals surface area contributed by atoms with E-state index in [0.29, 0.717) is 0 Å². The predicted molar refractivity (Wildman–Crippen MR) is 91.2 cm³/mol. The fraction of sp³-hybridized carbons (Fsp3) is 0.471. The van der Waals surface area contributed by atoms with E-state index in [4.69, 9.17) is 0 Å². The van der Waals surface area contributed by atoms with Crippen molar-refractivity contribution in [3.05, 3.63) is 39.2 Å². The van der Waals surface area contributed by atoms with E-state index in [0.717, 1.165) is 55.4 Å². The molecule has 0 N–H and O–H groups in total. The number of anilines is 1. The Bertz CT molecular complexity index is 734. The fourth-order valence-electron chi connectivity index (χ4n) is 3.32. The van der Waals surface area contributed by atoms with Crippen molar-refractivity contribution in [3.63, 3.8) is 0 Å². The van der Waals surface area contributed by atoms with Crippen molar-refractivity contribution in [2.24, 2.45) is 0 Å². The molecule has 0 spiro atoms. The van der Waals surface area contributed by atoms with Crippen LogP contribution < -0.4 is 4.90 Å². The smallest absolute Gasteiger partial charge is 0.264 e. The molecule has 1 aliphatic heterocycles. The third-order valence-corrected chi connectivity index (χ3v) is 5.64. The van der Waals surface area contributed by atoms with E-state index in [1.165, 1.54) is 16.9 Å². The number of fused-ring (bicyclic) bond motifs is 1. The van der Waals surface area contributed by atoms with Crippen molar-refractivity contribution in [2.75, 3.05) is 31.1 Å². The third-order valence-electron chi connectivity index (χ3n) is 4.65. The minimum atomic E-state index is 0.155. The Morgan fingerprint density at radius 1 is 1.13 bits per heavy atom. The summed E-state index contributed by atoms with van der Waals surface area (Å²) in [7, 11) is 0. The Morgan fingerprint density at radius 3 is 2.70 bits per heavy atom. The van der Waals surface area contributed by atoms with Crippen LogP contribution in [-0.4, -0.2) is 47.2 Å². The number of piperazine rings is 1. The molecule has 1 amide bonds. The molecule has 2 aliphatic rings. The number of carbonyl (C=O) groups is 1. The molecule has 4 rings (SSSR count). The quantitative estimate of drug-likeness (QED) is 0.849. The second kappa shape index (κ2) is 5.92. The molecule has 2 aromatic rings. The summed E-state index contributed by atoms with van der Waals surface area (Å²) in [6.07, 6.45) is 3.37. The van der Waals surface area contributed by atoms with E-state index >= 15 is 0 Å². The van der Waals surface area contributed by atoms with E-state index in [9.17, 15) is 4.79 Å². The molecular weight excluding hydrogens is 308 g/mol. The normalized spacial score (nSPS) is 17.4. The van der Waals surface area contributed by atoms with Crippen LogP contribution >= 0.6 is 11.3 Å². The molecule has 1 fully saturated rings. The van der Waals surface area contributed by atoms with Crippen molar-refractivity contribution in [3.8, 4) is 0 Å². The first-order chi connectivity index (χ1) is 11.2. The van der Waals surface area contributed by atoms with Crippen molar-refractivity contribution >= 4 is 23.1 Å². The van der Waals surface area contributed by atoms with Gasteiger partial charge in [-0.15, -0.1) is 16.4 Å². The van der Waals surface area contributed by atoms with Gasteiger partial charge in [-0.1, -0.05) is 0 Å². The number of aryl methyl sites for hydroxylation is 3. The van der Waals surface area contributed by atoms with Gasteiger partial charge in [-0.05, 0) is 49.9 Å². The Labute approximate surface area is 139 Å². The number of rotatable bonds is 2. The number of carbonyl (C=O) groups excluding carboxylic acids is 1. The zero-order chi connectivity index (χ0) is 15.8. The van der Waals surface area contributed by atoms with Gasteiger partial charge in [-0.2, -0.15) is 5.10 Å². The largest absolute Gasteiger partial charge is 0.352 e. The summed E-state index contributed by atoms with van der Waals surface area (Å²) in [6, 6.07) is 6.13. The first kappa shape index (κ1) is 14.6. The first-order valence-corrected chi connectivity index (χ1v) is 8.98. The number of nitrogens with zero attached hydrogens (tertiary/aromatic N) is 4. The summed E-state index contributed by atoms with van der Waals surface area (Å²) in [5.74, 6) is 1.12. The standard InChI is InChI=1S/C17H20N4OS/c1-12-5-6-15(23-12)17(22)21-9-7-20(8-10-21)16-11-13-3-2-4-14(13)18-19-16/h5-6,11H,2-4,7-10H2,1H3. The van der Waals surface area contributed by atoms with Crippen LogP contribution in [0.4, 0.5) is 5.82 Å². The van der Waals surface area contributed by atoms with Crippen molar-refractivity contribution in [1.29, 1.82) is 0 Å². The maximum Gasteiger partial charge on any atom is 0.264 e. The number of amides is 1. The van der Waals surface area contributed by atoms with Crippen LogP contribution in [0.5, 0.6) is 0 Å². The van der Waals surface area contributed by atoms with Crippen molar-refractivity contribution in [2.45, 2.75) is 26.2 Å². The van der Waals surface area contributed by atoms with Gasteiger partial charge in [0.1, 0.15) is 0 Å². The lowest BCUT2D eigenvalue weighted by Crippen LogP contribution is -2.49. The average Bonchev–Trinajstić information content (AvgIpc) is 3.22. The third kappa shape index (κ3) is 2.83. The van der Waals surface area contributed by atoms with Gasteiger partial charge in [0, 0.05) is 31.1 Å². The molecule has 6 heteroatoms. The SMILES string of the molecule is Cc1ccc(C(=O)N2CCN(c3cc4c(nn3)CCC4)CC2)s1. The van der Waals surface area contributed by atoms with Crippen LogP contribution in [0.1, 0.15) is 32.2 Å². The highest BCUT2D eigenvalue weighted by Gasteiger charge is 2.24. The summed E-state index contributed by atoms with van der Waals surface area (Å²) < 4.78 is 0. The second-order valence-electron chi connectivity index (χ2n) is 6.22. The number of hydrogen-bond donors (Lipinski definition) is 0. The van der Waals surface area contributed by atoms with Gasteiger partial charge in [0.15, 0.2) is 5.82 Å². The van der Waals surface area contributed by atoms with E-state index in [2.05, 4.69) is 21.2 Å². The molecule has 0 atom stereocenters. The van der Waals surface area contributed by atoms with E-state index in [1.54, 1.807) is 11.3 Å². The minimum absolute atomic E-state index is 0.155. The molecule has 120 valence electrons. The van der Waals surface area contributed by atoms with Crippen LogP contribution in [0.15, 0.2) is 18.2 Å². The zero-order valence-electron chi connectivity index (χ0n) is 13.3. The molecule has 0 saturated carbocycles. The lowest BCUT2D eigenvalue weighted by Gasteiger charge is -2.35. The summed E-state index contributed by atoms with van der Waals surface area (Å²) in [5.41, 5.74) is 2.51. The Morgan fingerprint density at radius 2 is 1.96 bits per heavy atom. The van der Waals surface area contributed by atoms with Crippen LogP contribution in [-0.2, 0) is 12.8 Å². The van der Waals surface area contributed by atoms with Crippen LogP contribution in [0, 0.1) is 6.92 Å². The van der Waals surface area contributed by atoms with Gasteiger partial charge in [0.05, 0.1) is 10.6 Å². The van der Waals surface area contributed by atoms with E-state index in [-0.39, 0.29) is 5.91 Å². The van der Waals surface area contributed by atoms with Gasteiger partial charge in [0.2, 0.25) is 0 Å². The van der Waals surface area contributed by atoms with Crippen LogP contribution in [0.25, 0.3) is 0 Å². The summed E-state index contributed by atoms with van der Waals surface area (Å²) >= 11 is 1.57. The molecule has 5 nitrogen and oxygen atoms in total. The average molecular weight is 328 g/mol. The molecule has 0 aromatic carbocycles. The molecule has 1 aliphatic carbocycles. The number of aromatic nitrogens is 2. The molecule has 1 saturated heterocycles. The molecule has 0 bridgehead atoms. The first-order valence-electron chi connectivity index (χ1n) is 8.17. The molecule has 0 radical (unpaired) electrons. The van der Waals surface area contributed by atoms with Gasteiger partial charge >= 0.3 is 0 Å². The topological polar surface area (TPSA) is 49.3 Å². The number of thiophene rings is 1. The maximum atomic E-state index is 12.5.